The third-order valence-electron chi connectivity index (χ3n) is 2.83. The van der Waals surface area contributed by atoms with Gasteiger partial charge in [0.15, 0.2) is 0 Å². The van der Waals surface area contributed by atoms with Gasteiger partial charge in [-0.2, -0.15) is 0 Å². The van der Waals surface area contributed by atoms with E-state index in [-0.39, 0.29) is 17.6 Å². The van der Waals surface area contributed by atoms with Gasteiger partial charge < -0.3 is 5.32 Å². The Hall–Kier alpha value is -1.18. The maximum Gasteiger partial charge on any atom is 0.270 e. The fraction of sp³-hybridized carbons (Fsp3) is 0.364. The van der Waals surface area contributed by atoms with E-state index >= 15 is 0 Å². The van der Waals surface area contributed by atoms with E-state index in [0.29, 0.717) is 11.5 Å². The van der Waals surface area contributed by atoms with Gasteiger partial charge in [0, 0.05) is 21.7 Å². The molecule has 2 atom stereocenters. The van der Waals surface area contributed by atoms with Crippen molar-refractivity contribution in [3.05, 3.63) is 37.4 Å². The Morgan fingerprint density at radius 2 is 2.24 bits per heavy atom. The molecule has 0 aliphatic heterocycles. The number of benzene rings is 1. The highest BCUT2D eigenvalue weighted by Crippen LogP contribution is 2.29. The molecule has 0 spiro atoms. The van der Waals surface area contributed by atoms with Gasteiger partial charge in [-0.3, -0.25) is 14.9 Å². The highest BCUT2D eigenvalue weighted by Gasteiger charge is 2.34. The lowest BCUT2D eigenvalue weighted by molar-refractivity contribution is -0.384. The molecule has 1 N–H and O–H groups in total. The summed E-state index contributed by atoms with van der Waals surface area (Å²) in [6, 6.07) is 4.53. The van der Waals surface area contributed by atoms with Crippen LogP contribution in [0.15, 0.2) is 18.2 Å². The van der Waals surface area contributed by atoms with Crippen LogP contribution < -0.4 is 5.32 Å². The minimum absolute atomic E-state index is 0.0561. The molecule has 0 heterocycles. The Morgan fingerprint density at radius 1 is 1.59 bits per heavy atom. The summed E-state index contributed by atoms with van der Waals surface area (Å²) in [6.07, 6.45) is 0.983. The van der Waals surface area contributed by atoms with Crippen LogP contribution in [0.3, 0.4) is 0 Å². The number of nitrogens with one attached hydrogen (secondary N) is 1. The molecule has 1 aliphatic carbocycles. The van der Waals surface area contributed by atoms with Crippen LogP contribution in [-0.4, -0.2) is 16.9 Å². The molecule has 1 aromatic carbocycles. The first kappa shape index (κ1) is 12.3. The summed E-state index contributed by atoms with van der Waals surface area (Å²) in [4.78, 5) is 22.0. The minimum atomic E-state index is -0.493. The predicted molar refractivity (Wildman–Crippen MR) is 70.8 cm³/mol. The number of rotatable bonds is 3. The fourth-order valence-electron chi connectivity index (χ4n) is 1.57. The van der Waals surface area contributed by atoms with Crippen LogP contribution in [0.4, 0.5) is 5.69 Å². The second kappa shape index (κ2) is 4.59. The number of amides is 1. The number of non-ortho nitro benzene ring substituents is 1. The zero-order valence-corrected chi connectivity index (χ0v) is 11.3. The highest BCUT2D eigenvalue weighted by molar-refractivity contribution is 14.1. The van der Waals surface area contributed by atoms with Crippen LogP contribution in [0.1, 0.15) is 23.7 Å². The molecule has 0 radical (unpaired) electrons. The zero-order valence-electron chi connectivity index (χ0n) is 9.14. The van der Waals surface area contributed by atoms with Gasteiger partial charge in [0.05, 0.1) is 10.5 Å². The summed E-state index contributed by atoms with van der Waals surface area (Å²) in [5.41, 5.74) is 0.318. The van der Waals surface area contributed by atoms with E-state index in [1.54, 1.807) is 6.07 Å². The zero-order chi connectivity index (χ0) is 12.6. The number of halogens is 1. The second-order valence-electron chi connectivity index (χ2n) is 4.21. The lowest BCUT2D eigenvalue weighted by Crippen LogP contribution is -2.27. The summed E-state index contributed by atoms with van der Waals surface area (Å²) < 4.78 is 0.721. The SMILES string of the molecule is CC1CC1NC(=O)c1cc([N+](=O)[O-])ccc1I. The molecular weight excluding hydrogens is 335 g/mol. The summed E-state index contributed by atoms with van der Waals surface area (Å²) >= 11 is 2.00. The largest absolute Gasteiger partial charge is 0.349 e. The number of nitrogens with zero attached hydrogens (tertiary/aromatic N) is 1. The summed E-state index contributed by atoms with van der Waals surface area (Å²) in [5.74, 6) is 0.280. The average molecular weight is 346 g/mol. The summed E-state index contributed by atoms with van der Waals surface area (Å²) in [6.45, 7) is 2.06. The van der Waals surface area contributed by atoms with E-state index < -0.39 is 4.92 Å². The standard InChI is InChI=1S/C11H11IN2O3/c1-6-4-10(6)13-11(15)8-5-7(14(16)17)2-3-9(8)12/h2-3,5-6,10H,4H2,1H3,(H,13,15). The Morgan fingerprint density at radius 3 is 2.76 bits per heavy atom. The van der Waals surface area contributed by atoms with Crippen molar-refractivity contribution in [3.8, 4) is 0 Å². The van der Waals surface area contributed by atoms with Crippen molar-refractivity contribution in [2.75, 3.05) is 0 Å². The van der Waals surface area contributed by atoms with Gasteiger partial charge in [-0.15, -0.1) is 0 Å². The average Bonchev–Trinajstić information content (AvgIpc) is 2.94. The van der Waals surface area contributed by atoms with E-state index in [9.17, 15) is 14.9 Å². The number of nitro benzene ring substituents is 1. The molecule has 0 aromatic heterocycles. The second-order valence-corrected chi connectivity index (χ2v) is 5.38. The Kier molecular flexibility index (Phi) is 3.32. The molecule has 1 aromatic rings. The highest BCUT2D eigenvalue weighted by atomic mass is 127. The van der Waals surface area contributed by atoms with Crippen molar-refractivity contribution < 1.29 is 9.72 Å². The topological polar surface area (TPSA) is 72.2 Å². The maximum atomic E-state index is 11.9. The monoisotopic (exact) mass is 346 g/mol. The summed E-state index contributed by atoms with van der Waals surface area (Å²) in [7, 11) is 0. The number of nitro groups is 1. The van der Waals surface area contributed by atoms with Crippen LogP contribution in [0.25, 0.3) is 0 Å². The van der Waals surface area contributed by atoms with Crippen molar-refractivity contribution >= 4 is 34.2 Å². The predicted octanol–water partition coefficient (Wildman–Crippen LogP) is 2.34. The summed E-state index contributed by atoms with van der Waals surface area (Å²) in [5, 5.41) is 13.5. The normalized spacial score (nSPS) is 22.0. The first-order valence-electron chi connectivity index (χ1n) is 5.24. The molecule has 5 nitrogen and oxygen atoms in total. The quantitative estimate of drug-likeness (QED) is 0.519. The van der Waals surface area contributed by atoms with Crippen LogP contribution in [0.5, 0.6) is 0 Å². The molecule has 1 fully saturated rings. The van der Waals surface area contributed by atoms with Gasteiger partial charge in [0.25, 0.3) is 11.6 Å². The van der Waals surface area contributed by atoms with Gasteiger partial charge in [-0.25, -0.2) is 0 Å². The van der Waals surface area contributed by atoms with Crippen LogP contribution >= 0.6 is 22.6 Å². The van der Waals surface area contributed by atoms with Crippen LogP contribution in [-0.2, 0) is 0 Å². The fourth-order valence-corrected chi connectivity index (χ4v) is 2.15. The first-order chi connectivity index (χ1) is 7.99. The number of hydrogen-bond donors (Lipinski definition) is 1. The van der Waals surface area contributed by atoms with E-state index in [4.69, 9.17) is 0 Å². The first-order valence-corrected chi connectivity index (χ1v) is 6.31. The Balaban J connectivity index is 2.21. The van der Waals surface area contributed by atoms with Crippen molar-refractivity contribution in [1.29, 1.82) is 0 Å². The third-order valence-corrected chi connectivity index (χ3v) is 3.77. The van der Waals surface area contributed by atoms with Gasteiger partial charge in [-0.05, 0) is 41.0 Å². The molecule has 0 bridgehead atoms. The van der Waals surface area contributed by atoms with Crippen molar-refractivity contribution in [3.63, 3.8) is 0 Å². The molecule has 6 heteroatoms. The van der Waals surface area contributed by atoms with Crippen molar-refractivity contribution in [2.45, 2.75) is 19.4 Å². The van der Waals surface area contributed by atoms with Crippen molar-refractivity contribution in [1.82, 2.24) is 5.32 Å². The maximum absolute atomic E-state index is 11.9. The third kappa shape index (κ3) is 2.74. The molecule has 17 heavy (non-hydrogen) atoms. The van der Waals surface area contributed by atoms with Gasteiger partial charge >= 0.3 is 0 Å². The van der Waals surface area contributed by atoms with Gasteiger partial charge in [0.2, 0.25) is 0 Å². The van der Waals surface area contributed by atoms with E-state index in [1.807, 2.05) is 22.6 Å². The van der Waals surface area contributed by atoms with E-state index in [0.717, 1.165) is 9.99 Å². The smallest absolute Gasteiger partial charge is 0.270 e. The van der Waals surface area contributed by atoms with Gasteiger partial charge in [0.1, 0.15) is 0 Å². The lowest BCUT2D eigenvalue weighted by atomic mass is 10.2. The lowest BCUT2D eigenvalue weighted by Gasteiger charge is -2.05. The molecule has 0 saturated heterocycles. The number of carbonyl (C=O) groups excluding carboxylic acids is 1. The molecule has 1 aliphatic rings. The Labute approximate surface area is 112 Å². The minimum Gasteiger partial charge on any atom is -0.349 e. The molecule has 2 unspecified atom stereocenters. The number of carbonyl (C=O) groups is 1. The molecule has 1 saturated carbocycles. The van der Waals surface area contributed by atoms with Crippen LogP contribution in [0, 0.1) is 19.6 Å². The van der Waals surface area contributed by atoms with E-state index in [2.05, 4.69) is 12.2 Å². The van der Waals surface area contributed by atoms with Crippen molar-refractivity contribution in [2.24, 2.45) is 5.92 Å². The molecule has 1 amide bonds. The Bertz CT molecular complexity index is 490. The molecular formula is C11H11IN2O3. The molecule has 2 rings (SSSR count). The van der Waals surface area contributed by atoms with Crippen LogP contribution in [0.2, 0.25) is 0 Å². The number of hydrogen-bond acceptors (Lipinski definition) is 3. The molecule has 90 valence electrons. The van der Waals surface area contributed by atoms with Gasteiger partial charge in [-0.1, -0.05) is 6.92 Å². The van der Waals surface area contributed by atoms with E-state index in [1.165, 1.54) is 12.1 Å².